The molecule has 1 aromatic rings. The Hall–Kier alpha value is -1.20. The number of benzene rings is 1. The summed E-state index contributed by atoms with van der Waals surface area (Å²) in [6.45, 7) is 3.66. The lowest BCUT2D eigenvalue weighted by Crippen LogP contribution is -2.46. The molecule has 0 bridgehead atoms. The van der Waals surface area contributed by atoms with Crippen LogP contribution in [0.3, 0.4) is 0 Å². The molecule has 0 saturated carbocycles. The molecule has 7 heteroatoms. The normalized spacial score (nSPS) is 14.8. The summed E-state index contributed by atoms with van der Waals surface area (Å²) in [5.74, 6) is -1.69. The largest absolute Gasteiger partial charge is 0.347 e. The van der Waals surface area contributed by atoms with Crippen LogP contribution in [0.15, 0.2) is 30.3 Å². The lowest BCUT2D eigenvalue weighted by atomic mass is 10.1. The van der Waals surface area contributed by atoms with Gasteiger partial charge in [0, 0.05) is 0 Å². The highest BCUT2D eigenvalue weighted by atomic mass is 31.2. The van der Waals surface area contributed by atoms with Crippen molar-refractivity contribution in [1.29, 1.82) is 0 Å². The number of nitrogens with two attached hydrogens (primary N) is 1. The molecular weight excluding hydrogens is 291 g/mol. The van der Waals surface area contributed by atoms with E-state index < -0.39 is 25.3 Å². The first kappa shape index (κ1) is 17.9. The molecule has 118 valence electrons. The molecule has 0 spiro atoms. The van der Waals surface area contributed by atoms with Crippen LogP contribution in [0.1, 0.15) is 25.8 Å². The second-order valence-corrected chi connectivity index (χ2v) is 7.34. The van der Waals surface area contributed by atoms with Crippen LogP contribution in [-0.2, 0) is 15.8 Å². The predicted molar refractivity (Wildman–Crippen MR) is 81.6 cm³/mol. The Morgan fingerprint density at radius 1 is 1.29 bits per heavy atom. The minimum absolute atomic E-state index is 0.0493. The van der Waals surface area contributed by atoms with Gasteiger partial charge in [0.1, 0.15) is 5.78 Å². The quantitative estimate of drug-likeness (QED) is 0.565. The summed E-state index contributed by atoms with van der Waals surface area (Å²) in [4.78, 5) is 30.6. The van der Waals surface area contributed by atoms with Crippen molar-refractivity contribution in [2.45, 2.75) is 38.5 Å². The molecule has 1 amide bonds. The standard InChI is InChI=1S/C14H23N2O4P/c1-10(2)8-13(21(18,19)20)16-14(17)12(15)9-11-6-4-3-5-7-11/h3-7,10,12-13H,8-9,15H2,1-2H3,(H,16,17)(H2,18,19,20)/t12-,13+/m0/s1. The van der Waals surface area contributed by atoms with Crippen molar-refractivity contribution in [2.24, 2.45) is 11.7 Å². The lowest BCUT2D eigenvalue weighted by molar-refractivity contribution is -0.122. The third kappa shape index (κ3) is 6.40. The van der Waals surface area contributed by atoms with Gasteiger partial charge in [0.15, 0.2) is 0 Å². The van der Waals surface area contributed by atoms with E-state index in [2.05, 4.69) is 5.32 Å². The Kier molecular flexibility index (Phi) is 6.55. The van der Waals surface area contributed by atoms with Crippen LogP contribution >= 0.6 is 7.60 Å². The topological polar surface area (TPSA) is 113 Å². The van der Waals surface area contributed by atoms with Gasteiger partial charge < -0.3 is 20.8 Å². The Morgan fingerprint density at radius 2 is 1.86 bits per heavy atom. The highest BCUT2D eigenvalue weighted by molar-refractivity contribution is 7.52. The van der Waals surface area contributed by atoms with E-state index in [-0.39, 0.29) is 12.3 Å². The number of hydrogen-bond donors (Lipinski definition) is 4. The van der Waals surface area contributed by atoms with Gasteiger partial charge in [0.05, 0.1) is 6.04 Å². The number of amides is 1. The first-order valence-electron chi connectivity index (χ1n) is 6.85. The van der Waals surface area contributed by atoms with Gasteiger partial charge in [-0.15, -0.1) is 0 Å². The number of hydrogen-bond acceptors (Lipinski definition) is 3. The van der Waals surface area contributed by atoms with Crippen LogP contribution in [0.2, 0.25) is 0 Å². The molecule has 0 fully saturated rings. The van der Waals surface area contributed by atoms with Gasteiger partial charge in [-0.05, 0) is 24.3 Å². The third-order valence-corrected chi connectivity index (χ3v) is 4.20. The summed E-state index contributed by atoms with van der Waals surface area (Å²) in [6, 6.07) is 8.41. The molecule has 1 rings (SSSR count). The Morgan fingerprint density at radius 3 is 2.33 bits per heavy atom. The number of rotatable bonds is 7. The maximum atomic E-state index is 12.0. The molecule has 0 radical (unpaired) electrons. The fourth-order valence-electron chi connectivity index (χ4n) is 1.96. The highest BCUT2D eigenvalue weighted by Crippen LogP contribution is 2.42. The SMILES string of the molecule is CC(C)C[C@H](NC(=O)[C@@H](N)Cc1ccccc1)P(=O)(O)O. The molecule has 0 aliphatic rings. The first-order chi connectivity index (χ1) is 9.70. The number of nitrogens with one attached hydrogen (secondary N) is 1. The molecule has 0 aromatic heterocycles. The van der Waals surface area contributed by atoms with Gasteiger partial charge >= 0.3 is 7.60 Å². The number of carbonyl (C=O) groups is 1. The fourth-order valence-corrected chi connectivity index (χ4v) is 2.95. The summed E-state index contributed by atoms with van der Waals surface area (Å²) in [5.41, 5.74) is 6.71. The van der Waals surface area contributed by atoms with Gasteiger partial charge in [-0.2, -0.15) is 0 Å². The fraction of sp³-hybridized carbons (Fsp3) is 0.500. The van der Waals surface area contributed by atoms with E-state index in [4.69, 9.17) is 5.73 Å². The molecule has 0 aliphatic carbocycles. The zero-order valence-corrected chi connectivity index (χ0v) is 13.2. The maximum Gasteiger partial charge on any atom is 0.347 e. The Balaban J connectivity index is 2.66. The van der Waals surface area contributed by atoms with E-state index in [1.807, 2.05) is 44.2 Å². The molecule has 0 saturated heterocycles. The molecule has 6 nitrogen and oxygen atoms in total. The van der Waals surface area contributed by atoms with Crippen molar-refractivity contribution in [3.63, 3.8) is 0 Å². The summed E-state index contributed by atoms with van der Waals surface area (Å²) in [5, 5.41) is 2.38. The molecule has 0 unspecified atom stereocenters. The van der Waals surface area contributed by atoms with Crippen LogP contribution < -0.4 is 11.1 Å². The third-order valence-electron chi connectivity index (χ3n) is 3.04. The van der Waals surface area contributed by atoms with Gasteiger partial charge in [-0.3, -0.25) is 9.36 Å². The van der Waals surface area contributed by atoms with Crippen molar-refractivity contribution in [3.8, 4) is 0 Å². The number of carbonyl (C=O) groups excluding carboxylic acids is 1. The molecule has 2 atom stereocenters. The van der Waals surface area contributed by atoms with Gasteiger partial charge in [0.25, 0.3) is 0 Å². The van der Waals surface area contributed by atoms with Crippen molar-refractivity contribution < 1.29 is 19.1 Å². The molecule has 5 N–H and O–H groups in total. The van der Waals surface area contributed by atoms with E-state index in [9.17, 15) is 19.1 Å². The highest BCUT2D eigenvalue weighted by Gasteiger charge is 2.32. The maximum absolute atomic E-state index is 12.0. The van der Waals surface area contributed by atoms with E-state index in [1.165, 1.54) is 0 Å². The smallest absolute Gasteiger partial charge is 0.341 e. The minimum Gasteiger partial charge on any atom is -0.341 e. The van der Waals surface area contributed by atoms with Crippen LogP contribution in [0.25, 0.3) is 0 Å². The average molecular weight is 314 g/mol. The zero-order valence-electron chi connectivity index (χ0n) is 12.3. The van der Waals surface area contributed by atoms with Gasteiger partial charge in [0.2, 0.25) is 5.91 Å². The molecule has 0 heterocycles. The van der Waals surface area contributed by atoms with E-state index in [0.29, 0.717) is 6.42 Å². The van der Waals surface area contributed by atoms with Gasteiger partial charge in [-0.1, -0.05) is 44.2 Å². The van der Waals surface area contributed by atoms with Crippen molar-refractivity contribution in [2.75, 3.05) is 0 Å². The monoisotopic (exact) mass is 314 g/mol. The predicted octanol–water partition coefficient (Wildman–Crippen LogP) is 1.22. The summed E-state index contributed by atoms with van der Waals surface area (Å²) in [6.07, 6.45) is 0.524. The van der Waals surface area contributed by atoms with E-state index >= 15 is 0 Å². The van der Waals surface area contributed by atoms with Crippen molar-refractivity contribution in [3.05, 3.63) is 35.9 Å². The second-order valence-electron chi connectivity index (χ2n) is 5.54. The first-order valence-corrected chi connectivity index (χ1v) is 8.53. The van der Waals surface area contributed by atoms with E-state index in [0.717, 1.165) is 5.56 Å². The van der Waals surface area contributed by atoms with Crippen LogP contribution in [0.5, 0.6) is 0 Å². The van der Waals surface area contributed by atoms with Crippen molar-refractivity contribution in [1.82, 2.24) is 5.32 Å². The Bertz CT molecular complexity index is 501. The van der Waals surface area contributed by atoms with Gasteiger partial charge in [-0.25, -0.2) is 0 Å². The van der Waals surface area contributed by atoms with E-state index in [1.54, 1.807) is 0 Å². The summed E-state index contributed by atoms with van der Waals surface area (Å²) >= 11 is 0. The van der Waals surface area contributed by atoms with Crippen LogP contribution in [0.4, 0.5) is 0 Å². The molecular formula is C14H23N2O4P. The average Bonchev–Trinajstić information content (AvgIpc) is 2.37. The summed E-state index contributed by atoms with van der Waals surface area (Å²) < 4.78 is 11.4. The molecule has 21 heavy (non-hydrogen) atoms. The zero-order chi connectivity index (χ0) is 16.0. The molecule has 1 aromatic carbocycles. The second kappa shape index (κ2) is 7.71. The summed E-state index contributed by atoms with van der Waals surface area (Å²) in [7, 11) is -4.39. The molecule has 0 aliphatic heterocycles. The van der Waals surface area contributed by atoms with Crippen LogP contribution in [0, 0.1) is 5.92 Å². The Labute approximate surface area is 124 Å². The minimum atomic E-state index is -4.39. The van der Waals surface area contributed by atoms with Crippen molar-refractivity contribution >= 4 is 13.5 Å². The lowest BCUT2D eigenvalue weighted by Gasteiger charge is -2.23. The van der Waals surface area contributed by atoms with Crippen LogP contribution in [-0.4, -0.2) is 27.5 Å².